The molecule has 0 aliphatic carbocycles. The number of benzene rings is 2. The van der Waals surface area contributed by atoms with Crippen molar-refractivity contribution in [1.29, 1.82) is 0 Å². The maximum Gasteiger partial charge on any atom is 0.126 e. The van der Waals surface area contributed by atoms with Crippen LogP contribution in [-0.2, 0) is 0 Å². The van der Waals surface area contributed by atoms with E-state index in [-0.39, 0.29) is 5.92 Å². The summed E-state index contributed by atoms with van der Waals surface area (Å²) in [5.41, 5.74) is 7.42. The quantitative estimate of drug-likeness (QED) is 0.879. The molecule has 0 fully saturated rings. The average molecular weight is 326 g/mol. The molecule has 3 N–H and O–H groups in total. The second-order valence-electron chi connectivity index (χ2n) is 4.72. The third-order valence-corrected chi connectivity index (χ3v) is 3.93. The van der Waals surface area contributed by atoms with E-state index in [1.54, 1.807) is 37.4 Å². The summed E-state index contributed by atoms with van der Waals surface area (Å²) in [6, 6.07) is 12.5. The van der Waals surface area contributed by atoms with Crippen LogP contribution in [0.1, 0.15) is 23.1 Å². The minimum absolute atomic E-state index is 0.252. The summed E-state index contributed by atoms with van der Waals surface area (Å²) in [6.07, 6.45) is -0.789. The van der Waals surface area contributed by atoms with Crippen molar-refractivity contribution in [2.45, 2.75) is 12.0 Å². The average Bonchev–Trinajstić information content (AvgIpc) is 2.49. The fourth-order valence-electron chi connectivity index (χ4n) is 2.30. The van der Waals surface area contributed by atoms with Gasteiger partial charge in [0.25, 0.3) is 0 Å². The van der Waals surface area contributed by atoms with Crippen molar-refractivity contribution < 1.29 is 9.84 Å². The third kappa shape index (κ3) is 3.69. The number of hydrogen-bond acceptors (Lipinski definition) is 3. The highest BCUT2D eigenvalue weighted by molar-refractivity contribution is 6.30. The molecule has 0 bridgehead atoms. The molecule has 0 saturated carbocycles. The lowest BCUT2D eigenvalue weighted by molar-refractivity contribution is 0.144. The predicted molar refractivity (Wildman–Crippen MR) is 86.2 cm³/mol. The van der Waals surface area contributed by atoms with Gasteiger partial charge in [0.2, 0.25) is 0 Å². The molecule has 2 atom stereocenters. The zero-order chi connectivity index (χ0) is 15.4. The van der Waals surface area contributed by atoms with Crippen LogP contribution in [-0.4, -0.2) is 18.8 Å². The zero-order valence-corrected chi connectivity index (χ0v) is 13.1. The number of methoxy groups -OCH3 is 1. The number of aliphatic hydroxyl groups excluding tert-OH is 1. The fourth-order valence-corrected chi connectivity index (χ4v) is 2.59. The Balaban J connectivity index is 2.36. The van der Waals surface area contributed by atoms with Gasteiger partial charge < -0.3 is 15.6 Å². The van der Waals surface area contributed by atoms with Crippen molar-refractivity contribution in [3.05, 3.63) is 63.6 Å². The van der Waals surface area contributed by atoms with E-state index in [2.05, 4.69) is 0 Å². The lowest BCUT2D eigenvalue weighted by Gasteiger charge is -2.24. The van der Waals surface area contributed by atoms with E-state index < -0.39 is 6.10 Å². The molecule has 0 aromatic heterocycles. The Morgan fingerprint density at radius 2 is 1.71 bits per heavy atom. The summed E-state index contributed by atoms with van der Waals surface area (Å²) in [4.78, 5) is 0. The first-order chi connectivity index (χ1) is 10.1. The van der Waals surface area contributed by atoms with Gasteiger partial charge in [-0.25, -0.2) is 0 Å². The summed E-state index contributed by atoms with van der Waals surface area (Å²) >= 11 is 11.8. The number of nitrogens with two attached hydrogens (primary N) is 1. The van der Waals surface area contributed by atoms with E-state index in [0.717, 1.165) is 5.56 Å². The summed E-state index contributed by atoms with van der Waals surface area (Å²) in [5, 5.41) is 11.9. The van der Waals surface area contributed by atoms with Crippen LogP contribution >= 0.6 is 23.2 Å². The van der Waals surface area contributed by atoms with Crippen molar-refractivity contribution in [2.75, 3.05) is 13.7 Å². The third-order valence-electron chi connectivity index (χ3n) is 3.45. The number of ether oxygens (including phenoxy) is 1. The van der Waals surface area contributed by atoms with Gasteiger partial charge in [-0.3, -0.25) is 0 Å². The van der Waals surface area contributed by atoms with Gasteiger partial charge in [0.1, 0.15) is 5.75 Å². The largest absolute Gasteiger partial charge is 0.496 e. The Hall–Kier alpha value is -1.26. The van der Waals surface area contributed by atoms with Crippen LogP contribution in [0.3, 0.4) is 0 Å². The van der Waals surface area contributed by atoms with Gasteiger partial charge in [0.15, 0.2) is 0 Å². The molecule has 2 aromatic rings. The molecule has 112 valence electrons. The van der Waals surface area contributed by atoms with Gasteiger partial charge in [-0.05, 0) is 29.8 Å². The SMILES string of the molecule is COc1cc(Cl)ccc1C(O)C(CN)c1ccc(Cl)cc1. The molecule has 0 aliphatic heterocycles. The smallest absolute Gasteiger partial charge is 0.126 e. The highest BCUT2D eigenvalue weighted by atomic mass is 35.5. The monoisotopic (exact) mass is 325 g/mol. The zero-order valence-electron chi connectivity index (χ0n) is 11.6. The van der Waals surface area contributed by atoms with Crippen molar-refractivity contribution >= 4 is 23.2 Å². The maximum atomic E-state index is 10.7. The minimum atomic E-state index is -0.789. The number of halogens is 2. The molecular weight excluding hydrogens is 309 g/mol. The first kappa shape index (κ1) is 16.1. The van der Waals surface area contributed by atoms with Gasteiger partial charge >= 0.3 is 0 Å². The second-order valence-corrected chi connectivity index (χ2v) is 5.60. The topological polar surface area (TPSA) is 55.5 Å². The van der Waals surface area contributed by atoms with Crippen LogP contribution in [0, 0.1) is 0 Å². The molecule has 0 heterocycles. The molecule has 0 radical (unpaired) electrons. The molecule has 2 aromatic carbocycles. The maximum absolute atomic E-state index is 10.7. The molecule has 0 aliphatic rings. The molecule has 0 saturated heterocycles. The molecule has 21 heavy (non-hydrogen) atoms. The molecule has 2 unspecified atom stereocenters. The van der Waals surface area contributed by atoms with Crippen LogP contribution in [0.15, 0.2) is 42.5 Å². The van der Waals surface area contributed by atoms with Crippen LogP contribution in [0.2, 0.25) is 10.0 Å². The van der Waals surface area contributed by atoms with Crippen molar-refractivity contribution in [3.8, 4) is 5.75 Å². The normalized spacial score (nSPS) is 13.8. The van der Waals surface area contributed by atoms with Gasteiger partial charge in [0.05, 0.1) is 13.2 Å². The summed E-state index contributed by atoms with van der Waals surface area (Å²) in [6.45, 7) is 0.300. The Bertz CT molecular complexity index is 602. The minimum Gasteiger partial charge on any atom is -0.496 e. The lowest BCUT2D eigenvalue weighted by Crippen LogP contribution is -2.20. The predicted octanol–water partition coefficient (Wildman–Crippen LogP) is 3.78. The molecular formula is C16H17Cl2NO2. The number of hydrogen-bond donors (Lipinski definition) is 2. The Kier molecular flexibility index (Phi) is 5.48. The van der Waals surface area contributed by atoms with E-state index in [0.29, 0.717) is 27.9 Å². The van der Waals surface area contributed by atoms with Gasteiger partial charge in [-0.15, -0.1) is 0 Å². The summed E-state index contributed by atoms with van der Waals surface area (Å²) in [5.74, 6) is 0.291. The highest BCUT2D eigenvalue weighted by Gasteiger charge is 2.24. The van der Waals surface area contributed by atoms with E-state index in [4.69, 9.17) is 33.7 Å². The van der Waals surface area contributed by atoms with Crippen molar-refractivity contribution in [3.63, 3.8) is 0 Å². The van der Waals surface area contributed by atoms with Crippen LogP contribution in [0.5, 0.6) is 5.75 Å². The summed E-state index contributed by atoms with van der Waals surface area (Å²) in [7, 11) is 1.54. The van der Waals surface area contributed by atoms with Crippen LogP contribution < -0.4 is 10.5 Å². The van der Waals surface area contributed by atoms with E-state index in [1.807, 2.05) is 12.1 Å². The second kappa shape index (κ2) is 7.14. The van der Waals surface area contributed by atoms with E-state index >= 15 is 0 Å². The van der Waals surface area contributed by atoms with Crippen LogP contribution in [0.4, 0.5) is 0 Å². The Morgan fingerprint density at radius 3 is 2.29 bits per heavy atom. The van der Waals surface area contributed by atoms with Crippen molar-refractivity contribution in [2.24, 2.45) is 5.73 Å². The van der Waals surface area contributed by atoms with E-state index in [9.17, 15) is 5.11 Å². The molecule has 2 rings (SSSR count). The molecule has 3 nitrogen and oxygen atoms in total. The first-order valence-corrected chi connectivity index (χ1v) is 7.29. The first-order valence-electron chi connectivity index (χ1n) is 6.54. The standard InChI is InChI=1S/C16H17Cl2NO2/c1-21-15-8-12(18)6-7-13(15)16(20)14(9-19)10-2-4-11(17)5-3-10/h2-8,14,16,20H,9,19H2,1H3. The van der Waals surface area contributed by atoms with Gasteiger partial charge in [-0.2, -0.15) is 0 Å². The number of rotatable bonds is 5. The number of aliphatic hydroxyl groups is 1. The van der Waals surface area contributed by atoms with Crippen LogP contribution in [0.25, 0.3) is 0 Å². The van der Waals surface area contributed by atoms with Crippen molar-refractivity contribution in [1.82, 2.24) is 0 Å². The molecule has 0 spiro atoms. The fraction of sp³-hybridized carbons (Fsp3) is 0.250. The lowest BCUT2D eigenvalue weighted by atomic mass is 9.89. The highest BCUT2D eigenvalue weighted by Crippen LogP contribution is 2.36. The molecule has 0 amide bonds. The Labute approximate surface area is 134 Å². The Morgan fingerprint density at radius 1 is 1.10 bits per heavy atom. The van der Waals surface area contributed by atoms with E-state index in [1.165, 1.54) is 0 Å². The summed E-state index contributed by atoms with van der Waals surface area (Å²) < 4.78 is 5.29. The van der Waals surface area contributed by atoms with Gasteiger partial charge in [-0.1, -0.05) is 41.4 Å². The van der Waals surface area contributed by atoms with Gasteiger partial charge in [0, 0.05) is 28.1 Å². The molecule has 5 heteroatoms.